The molecule has 1 N–H and O–H groups in total. The summed E-state index contributed by atoms with van der Waals surface area (Å²) in [6.45, 7) is 0. The zero-order valence-electron chi connectivity index (χ0n) is 11.0. The summed E-state index contributed by atoms with van der Waals surface area (Å²) in [6.07, 6.45) is 1.88. The van der Waals surface area contributed by atoms with Crippen molar-refractivity contribution in [2.75, 3.05) is 11.0 Å². The fourth-order valence-corrected chi connectivity index (χ4v) is 3.21. The van der Waals surface area contributed by atoms with Gasteiger partial charge in [0.15, 0.2) is 0 Å². The van der Waals surface area contributed by atoms with E-state index < -0.39 is 14.9 Å². The summed E-state index contributed by atoms with van der Waals surface area (Å²) in [4.78, 5) is 10.8. The molecule has 0 aliphatic carbocycles. The Labute approximate surface area is 126 Å². The number of nitrogens with one attached hydrogen (secondary N) is 1. The van der Waals surface area contributed by atoms with Gasteiger partial charge in [-0.1, -0.05) is 12.1 Å². The summed E-state index contributed by atoms with van der Waals surface area (Å²) in [5, 5.41) is 10.7. The second-order valence-corrected chi connectivity index (χ2v) is 6.65. The minimum absolute atomic E-state index is 0.147. The maximum atomic E-state index is 12.2. The molecule has 2 rings (SSSR count). The first-order chi connectivity index (χ1) is 9.92. The van der Waals surface area contributed by atoms with E-state index in [1.807, 2.05) is 12.3 Å². The Hall–Kier alpha value is -2.06. The molecule has 0 saturated heterocycles. The lowest BCUT2D eigenvalue weighted by atomic mass is 10.3. The van der Waals surface area contributed by atoms with Crippen LogP contribution in [0.5, 0.6) is 0 Å². The van der Waals surface area contributed by atoms with Crippen LogP contribution in [0.3, 0.4) is 0 Å². The average molecular weight is 324 g/mol. The van der Waals surface area contributed by atoms with Gasteiger partial charge in [-0.25, -0.2) is 8.42 Å². The molecule has 0 spiro atoms. The number of hydrogen-bond donors (Lipinski definition) is 1. The minimum Gasteiger partial charge on any atom is -0.280 e. The molecule has 0 aliphatic heterocycles. The molecule has 0 fully saturated rings. The normalized spacial score (nSPS) is 11.1. The van der Waals surface area contributed by atoms with Gasteiger partial charge >= 0.3 is 0 Å². The van der Waals surface area contributed by atoms with E-state index in [-0.39, 0.29) is 10.6 Å². The van der Waals surface area contributed by atoms with Gasteiger partial charge in [0.2, 0.25) is 0 Å². The molecule has 0 saturated carbocycles. The van der Waals surface area contributed by atoms with Gasteiger partial charge in [-0.2, -0.15) is 0 Å². The first kappa shape index (κ1) is 15.3. The number of non-ortho nitro benzene ring substituents is 1. The number of nitrogens with zero attached hydrogens (tertiary/aromatic N) is 1. The van der Waals surface area contributed by atoms with Gasteiger partial charge in [0, 0.05) is 22.7 Å². The Balaban J connectivity index is 2.33. The number of sulfonamides is 1. The summed E-state index contributed by atoms with van der Waals surface area (Å²) in [7, 11) is -3.86. The van der Waals surface area contributed by atoms with Crippen LogP contribution < -0.4 is 4.72 Å². The third kappa shape index (κ3) is 3.73. The number of hydrogen-bond acceptors (Lipinski definition) is 5. The Morgan fingerprint density at radius 1 is 1.14 bits per heavy atom. The second-order valence-electron chi connectivity index (χ2n) is 4.09. The zero-order valence-corrected chi connectivity index (χ0v) is 12.6. The SMILES string of the molecule is CSc1cccc(NS(=O)(=O)c2cccc([N+](=O)[O-])c2)c1. The minimum atomic E-state index is -3.86. The number of nitro groups is 1. The van der Waals surface area contributed by atoms with Gasteiger partial charge in [-0.05, 0) is 30.5 Å². The Morgan fingerprint density at radius 2 is 1.86 bits per heavy atom. The molecule has 6 nitrogen and oxygen atoms in total. The molecule has 0 aliphatic rings. The zero-order chi connectivity index (χ0) is 15.5. The van der Waals surface area contributed by atoms with Crippen molar-refractivity contribution in [1.29, 1.82) is 0 Å². The summed E-state index contributed by atoms with van der Waals surface area (Å²) in [6, 6.07) is 11.8. The molecule has 0 bridgehead atoms. The highest BCUT2D eigenvalue weighted by Gasteiger charge is 2.17. The van der Waals surface area contributed by atoms with Crippen molar-refractivity contribution in [2.45, 2.75) is 9.79 Å². The maximum absolute atomic E-state index is 12.2. The molecular weight excluding hydrogens is 312 g/mol. The maximum Gasteiger partial charge on any atom is 0.270 e. The van der Waals surface area contributed by atoms with E-state index in [2.05, 4.69) is 4.72 Å². The lowest BCUT2D eigenvalue weighted by Crippen LogP contribution is -2.13. The molecule has 110 valence electrons. The van der Waals surface area contributed by atoms with Gasteiger partial charge < -0.3 is 0 Å². The van der Waals surface area contributed by atoms with Crippen LogP contribution in [0.2, 0.25) is 0 Å². The number of anilines is 1. The fourth-order valence-electron chi connectivity index (χ4n) is 1.66. The van der Waals surface area contributed by atoms with Crippen LogP contribution >= 0.6 is 11.8 Å². The van der Waals surface area contributed by atoms with Crippen molar-refractivity contribution in [3.8, 4) is 0 Å². The molecule has 0 unspecified atom stereocenters. The van der Waals surface area contributed by atoms with Crippen LogP contribution in [0.4, 0.5) is 11.4 Å². The monoisotopic (exact) mass is 324 g/mol. The highest BCUT2D eigenvalue weighted by molar-refractivity contribution is 7.98. The van der Waals surface area contributed by atoms with E-state index in [1.165, 1.54) is 30.0 Å². The lowest BCUT2D eigenvalue weighted by molar-refractivity contribution is -0.385. The highest BCUT2D eigenvalue weighted by Crippen LogP contribution is 2.23. The van der Waals surface area contributed by atoms with E-state index in [1.54, 1.807) is 18.2 Å². The molecular formula is C13H12N2O4S2. The molecule has 8 heteroatoms. The van der Waals surface area contributed by atoms with Crippen LogP contribution in [-0.2, 0) is 10.0 Å². The summed E-state index contributed by atoms with van der Waals surface area (Å²) >= 11 is 1.49. The van der Waals surface area contributed by atoms with Gasteiger partial charge in [0.1, 0.15) is 0 Å². The fraction of sp³-hybridized carbons (Fsp3) is 0.0769. The number of benzene rings is 2. The largest absolute Gasteiger partial charge is 0.280 e. The van der Waals surface area contributed by atoms with Crippen LogP contribution in [0.25, 0.3) is 0 Å². The molecule has 2 aromatic carbocycles. The van der Waals surface area contributed by atoms with E-state index in [9.17, 15) is 18.5 Å². The van der Waals surface area contributed by atoms with Crippen LogP contribution in [0.1, 0.15) is 0 Å². The van der Waals surface area contributed by atoms with Crippen LogP contribution in [0.15, 0.2) is 58.3 Å². The molecule has 0 heterocycles. The van der Waals surface area contributed by atoms with Crippen molar-refractivity contribution in [3.05, 3.63) is 58.6 Å². The third-order valence-electron chi connectivity index (χ3n) is 2.66. The Morgan fingerprint density at radius 3 is 2.52 bits per heavy atom. The Kier molecular flexibility index (Phi) is 4.49. The predicted octanol–water partition coefficient (Wildman–Crippen LogP) is 3.12. The molecule has 0 amide bonds. The second kappa shape index (κ2) is 6.15. The molecule has 2 aromatic rings. The Bertz CT molecular complexity index is 775. The number of rotatable bonds is 5. The predicted molar refractivity (Wildman–Crippen MR) is 82.1 cm³/mol. The average Bonchev–Trinajstić information content (AvgIpc) is 2.47. The number of thioether (sulfide) groups is 1. The van der Waals surface area contributed by atoms with Crippen LogP contribution in [-0.4, -0.2) is 19.6 Å². The topological polar surface area (TPSA) is 89.3 Å². The van der Waals surface area contributed by atoms with E-state index >= 15 is 0 Å². The van der Waals surface area contributed by atoms with E-state index in [0.717, 1.165) is 11.0 Å². The van der Waals surface area contributed by atoms with Gasteiger partial charge in [0.05, 0.1) is 9.82 Å². The van der Waals surface area contributed by atoms with E-state index in [4.69, 9.17) is 0 Å². The van der Waals surface area contributed by atoms with Crippen molar-refractivity contribution in [2.24, 2.45) is 0 Å². The molecule has 0 aromatic heterocycles. The van der Waals surface area contributed by atoms with Crippen molar-refractivity contribution in [1.82, 2.24) is 0 Å². The standard InChI is InChI=1S/C13H12N2O4S2/c1-20-12-6-2-4-10(8-12)14-21(18,19)13-7-3-5-11(9-13)15(16)17/h2-9,14H,1H3. The van der Waals surface area contributed by atoms with Crippen LogP contribution in [0, 0.1) is 10.1 Å². The molecule has 21 heavy (non-hydrogen) atoms. The summed E-state index contributed by atoms with van der Waals surface area (Å²) in [5.41, 5.74) is 0.143. The molecule has 0 atom stereocenters. The third-order valence-corrected chi connectivity index (χ3v) is 4.76. The summed E-state index contributed by atoms with van der Waals surface area (Å²) < 4.78 is 26.9. The van der Waals surface area contributed by atoms with Gasteiger partial charge in [-0.15, -0.1) is 11.8 Å². The van der Waals surface area contributed by atoms with Crippen molar-refractivity contribution < 1.29 is 13.3 Å². The van der Waals surface area contributed by atoms with Crippen molar-refractivity contribution >= 4 is 33.2 Å². The summed E-state index contributed by atoms with van der Waals surface area (Å²) in [5.74, 6) is 0. The smallest absolute Gasteiger partial charge is 0.270 e. The van der Waals surface area contributed by atoms with Crippen molar-refractivity contribution in [3.63, 3.8) is 0 Å². The highest BCUT2D eigenvalue weighted by atomic mass is 32.2. The van der Waals surface area contributed by atoms with E-state index in [0.29, 0.717) is 5.69 Å². The van der Waals surface area contributed by atoms with Gasteiger partial charge in [0.25, 0.3) is 15.7 Å². The quantitative estimate of drug-likeness (QED) is 0.518. The molecule has 0 radical (unpaired) electrons. The first-order valence-electron chi connectivity index (χ1n) is 5.84. The lowest BCUT2D eigenvalue weighted by Gasteiger charge is -2.08. The van der Waals surface area contributed by atoms with Gasteiger partial charge in [-0.3, -0.25) is 14.8 Å². The first-order valence-corrected chi connectivity index (χ1v) is 8.54. The number of nitro benzene ring substituents is 1.